The van der Waals surface area contributed by atoms with Gasteiger partial charge >= 0.3 is 0 Å². The van der Waals surface area contributed by atoms with Crippen molar-refractivity contribution in [2.75, 3.05) is 32.7 Å². The number of rotatable bonds is 5. The van der Waals surface area contributed by atoms with Gasteiger partial charge in [-0.3, -0.25) is 19.3 Å². The zero-order valence-corrected chi connectivity index (χ0v) is 18.3. The first-order valence-electron chi connectivity index (χ1n) is 11.5. The van der Waals surface area contributed by atoms with Crippen molar-refractivity contribution in [2.24, 2.45) is 5.92 Å². The molecule has 1 saturated heterocycles. The van der Waals surface area contributed by atoms with E-state index in [9.17, 15) is 14.4 Å². The summed E-state index contributed by atoms with van der Waals surface area (Å²) in [5, 5.41) is 0. The van der Waals surface area contributed by atoms with Gasteiger partial charge < -0.3 is 4.90 Å². The molecular weight excluding hydrogens is 400 g/mol. The molecular formula is C27H28N2O3. The third-order valence-corrected chi connectivity index (χ3v) is 7.02. The van der Waals surface area contributed by atoms with Gasteiger partial charge in [0.25, 0.3) is 0 Å². The molecule has 0 bridgehead atoms. The van der Waals surface area contributed by atoms with Crippen LogP contribution in [0.25, 0.3) is 0 Å². The molecule has 1 atom stereocenters. The number of fused-ring (bicyclic) bond motifs is 1. The van der Waals surface area contributed by atoms with Crippen LogP contribution in [-0.4, -0.2) is 59.9 Å². The van der Waals surface area contributed by atoms with Gasteiger partial charge in [-0.25, -0.2) is 0 Å². The monoisotopic (exact) mass is 428 g/mol. The molecule has 0 radical (unpaired) electrons. The minimum Gasteiger partial charge on any atom is -0.301 e. The minimum atomic E-state index is -0.154. The second-order valence-electron chi connectivity index (χ2n) is 9.10. The maximum absolute atomic E-state index is 13.2. The molecule has 164 valence electrons. The summed E-state index contributed by atoms with van der Waals surface area (Å²) in [6, 6.07) is 17.5. The summed E-state index contributed by atoms with van der Waals surface area (Å²) >= 11 is 0. The van der Waals surface area contributed by atoms with Crippen LogP contribution in [0.4, 0.5) is 0 Å². The summed E-state index contributed by atoms with van der Waals surface area (Å²) in [5.41, 5.74) is 3.32. The zero-order valence-electron chi connectivity index (χ0n) is 18.3. The molecule has 1 fully saturated rings. The van der Waals surface area contributed by atoms with Crippen LogP contribution in [-0.2, 0) is 11.3 Å². The number of ketones is 3. The normalized spacial score (nSPS) is 22.1. The van der Waals surface area contributed by atoms with E-state index in [4.69, 9.17) is 0 Å². The van der Waals surface area contributed by atoms with Crippen molar-refractivity contribution in [3.05, 3.63) is 82.4 Å². The number of Topliss-reactive ketones (excluding diaryl/α,β-unsaturated/α-hetero) is 3. The molecule has 1 aliphatic heterocycles. The van der Waals surface area contributed by atoms with Crippen LogP contribution < -0.4 is 0 Å². The van der Waals surface area contributed by atoms with Crippen molar-refractivity contribution < 1.29 is 14.4 Å². The Kier molecular flexibility index (Phi) is 5.85. The molecule has 3 aliphatic rings. The van der Waals surface area contributed by atoms with E-state index in [0.717, 1.165) is 45.7 Å². The molecule has 0 spiro atoms. The van der Waals surface area contributed by atoms with Crippen LogP contribution in [0.1, 0.15) is 45.5 Å². The maximum atomic E-state index is 13.2. The Labute approximate surface area is 188 Å². The van der Waals surface area contributed by atoms with Gasteiger partial charge in [-0.1, -0.05) is 54.6 Å². The number of benzene rings is 2. The number of carbonyl (C=O) groups is 3. The van der Waals surface area contributed by atoms with Gasteiger partial charge in [-0.2, -0.15) is 0 Å². The third-order valence-electron chi connectivity index (χ3n) is 7.02. The van der Waals surface area contributed by atoms with E-state index in [1.807, 2.05) is 6.07 Å². The number of nitrogens with zero attached hydrogens (tertiary/aromatic N) is 2. The average Bonchev–Trinajstić information content (AvgIpc) is 2.82. The standard InChI is InChI=1S/C27H28N2O3/c30-21-16-20(25-24(17-21)26(31)22-8-4-5-9-23(22)27(25)32)10-11-28-12-14-29(15-13-28)18-19-6-2-1-3-7-19/h1-9,20H,10-18H2. The lowest BCUT2D eigenvalue weighted by molar-refractivity contribution is -0.119. The van der Waals surface area contributed by atoms with Gasteiger partial charge in [0.15, 0.2) is 11.6 Å². The van der Waals surface area contributed by atoms with E-state index in [1.54, 1.807) is 24.3 Å². The number of piperazine rings is 1. The van der Waals surface area contributed by atoms with Gasteiger partial charge in [-0.15, -0.1) is 0 Å². The topological polar surface area (TPSA) is 57.7 Å². The first kappa shape index (κ1) is 21.0. The van der Waals surface area contributed by atoms with Crippen molar-refractivity contribution in [3.63, 3.8) is 0 Å². The predicted molar refractivity (Wildman–Crippen MR) is 123 cm³/mol. The van der Waals surface area contributed by atoms with Gasteiger partial charge in [0.05, 0.1) is 0 Å². The van der Waals surface area contributed by atoms with Gasteiger partial charge in [0.2, 0.25) is 0 Å². The van der Waals surface area contributed by atoms with E-state index in [-0.39, 0.29) is 29.7 Å². The Morgan fingerprint density at radius 1 is 0.750 bits per heavy atom. The molecule has 0 amide bonds. The van der Waals surface area contributed by atoms with E-state index in [0.29, 0.717) is 28.7 Å². The first-order chi connectivity index (χ1) is 15.6. The summed E-state index contributed by atoms with van der Waals surface area (Å²) in [5.74, 6) is -0.275. The molecule has 32 heavy (non-hydrogen) atoms. The third kappa shape index (κ3) is 4.10. The fourth-order valence-electron chi connectivity index (χ4n) is 5.30. The van der Waals surface area contributed by atoms with Crippen LogP contribution in [0.2, 0.25) is 0 Å². The highest BCUT2D eigenvalue weighted by Crippen LogP contribution is 2.38. The molecule has 5 nitrogen and oxygen atoms in total. The molecule has 1 unspecified atom stereocenters. The fourth-order valence-corrected chi connectivity index (χ4v) is 5.30. The average molecular weight is 429 g/mol. The van der Waals surface area contributed by atoms with Crippen molar-refractivity contribution in [1.29, 1.82) is 0 Å². The van der Waals surface area contributed by atoms with Gasteiger partial charge in [0.1, 0.15) is 5.78 Å². The Bertz CT molecular complexity index is 1080. The second kappa shape index (κ2) is 8.93. The Hall–Kier alpha value is -2.89. The summed E-state index contributed by atoms with van der Waals surface area (Å²) in [6.07, 6.45) is 1.21. The smallest absolute Gasteiger partial charge is 0.190 e. The number of carbonyl (C=O) groups excluding carboxylic acids is 3. The van der Waals surface area contributed by atoms with E-state index in [2.05, 4.69) is 34.1 Å². The maximum Gasteiger partial charge on any atom is 0.190 e. The van der Waals surface area contributed by atoms with Crippen molar-refractivity contribution in [3.8, 4) is 0 Å². The molecule has 2 aromatic rings. The van der Waals surface area contributed by atoms with Crippen molar-refractivity contribution >= 4 is 17.3 Å². The molecule has 1 heterocycles. The van der Waals surface area contributed by atoms with Crippen LogP contribution >= 0.6 is 0 Å². The minimum absolute atomic E-state index is 0.0552. The predicted octanol–water partition coefficient (Wildman–Crippen LogP) is 3.55. The van der Waals surface area contributed by atoms with Crippen LogP contribution in [0.15, 0.2) is 65.7 Å². The number of hydrogen-bond donors (Lipinski definition) is 0. The van der Waals surface area contributed by atoms with E-state index in [1.165, 1.54) is 5.56 Å². The Morgan fingerprint density at radius 2 is 1.38 bits per heavy atom. The highest BCUT2D eigenvalue weighted by Gasteiger charge is 2.40. The Morgan fingerprint density at radius 3 is 2.09 bits per heavy atom. The second-order valence-corrected chi connectivity index (χ2v) is 9.10. The molecule has 5 heteroatoms. The van der Waals surface area contributed by atoms with Crippen LogP contribution in [0.5, 0.6) is 0 Å². The van der Waals surface area contributed by atoms with Gasteiger partial charge in [-0.05, 0) is 24.4 Å². The fraction of sp³-hybridized carbons (Fsp3) is 0.370. The molecule has 0 aromatic heterocycles. The molecule has 5 rings (SSSR count). The lowest BCUT2D eigenvalue weighted by atomic mass is 9.71. The zero-order chi connectivity index (χ0) is 22.1. The SMILES string of the molecule is O=C1CC2=C(C(=O)c3ccccc3C2=O)C(CCN2CCN(Cc3ccccc3)CC2)C1. The summed E-state index contributed by atoms with van der Waals surface area (Å²) in [7, 11) is 0. The Balaban J connectivity index is 1.23. The lowest BCUT2D eigenvalue weighted by Crippen LogP contribution is -2.46. The quantitative estimate of drug-likeness (QED) is 0.729. The first-order valence-corrected chi connectivity index (χ1v) is 11.5. The van der Waals surface area contributed by atoms with E-state index >= 15 is 0 Å². The summed E-state index contributed by atoms with van der Waals surface area (Å²) in [6.45, 7) is 5.80. The van der Waals surface area contributed by atoms with Crippen molar-refractivity contribution in [2.45, 2.75) is 25.8 Å². The van der Waals surface area contributed by atoms with E-state index < -0.39 is 0 Å². The molecule has 0 saturated carbocycles. The molecule has 0 N–H and O–H groups in total. The molecule has 2 aromatic carbocycles. The van der Waals surface area contributed by atoms with Crippen LogP contribution in [0.3, 0.4) is 0 Å². The number of allylic oxidation sites excluding steroid dienone is 2. The number of hydrogen-bond acceptors (Lipinski definition) is 5. The highest BCUT2D eigenvalue weighted by atomic mass is 16.1. The largest absolute Gasteiger partial charge is 0.301 e. The lowest BCUT2D eigenvalue weighted by Gasteiger charge is -2.36. The summed E-state index contributed by atoms with van der Waals surface area (Å²) in [4.78, 5) is 43.6. The van der Waals surface area contributed by atoms with Crippen molar-refractivity contribution in [1.82, 2.24) is 9.80 Å². The highest BCUT2D eigenvalue weighted by molar-refractivity contribution is 6.28. The molecule has 2 aliphatic carbocycles. The van der Waals surface area contributed by atoms with Gasteiger partial charge in [0, 0.05) is 67.8 Å². The van der Waals surface area contributed by atoms with Crippen LogP contribution in [0, 0.1) is 5.92 Å². The summed E-state index contributed by atoms with van der Waals surface area (Å²) < 4.78 is 0.